The van der Waals surface area contributed by atoms with Gasteiger partial charge in [0.2, 0.25) is 0 Å². The second-order valence-electron chi connectivity index (χ2n) is 0.316. The maximum Gasteiger partial charge on any atom is 0.0402 e. The third kappa shape index (κ3) is 161. The molecule has 0 heterocycles. The fourth-order valence-corrected chi connectivity index (χ4v) is 0. The van der Waals surface area contributed by atoms with E-state index in [4.69, 9.17) is 5.11 Å². The number of rotatable bonds is 0. The number of hydrogen-bond acceptors (Lipinski definition) is 1. The summed E-state index contributed by atoms with van der Waals surface area (Å²) in [5.41, 5.74) is 0. The van der Waals surface area contributed by atoms with Crippen LogP contribution < -0.4 is 0 Å². The summed E-state index contributed by atoms with van der Waals surface area (Å²) >= 11 is 0. The smallest absolute Gasteiger partial charge is 0.0402 e. The first-order valence-electron chi connectivity index (χ1n) is 1.02. The summed E-state index contributed by atoms with van der Waals surface area (Å²) in [5.74, 6) is 0. The Bertz CT molecular complexity index is 15.7. The van der Waals surface area contributed by atoms with E-state index in [2.05, 4.69) is 0 Å². The molecule has 0 bridgehead atoms. The molecule has 1 nitrogen and oxygen atoms in total. The van der Waals surface area contributed by atoms with Crippen molar-refractivity contribution in [2.75, 3.05) is 6.61 Å². The summed E-state index contributed by atoms with van der Waals surface area (Å²) in [7, 11) is 0. The molecule has 10 heavy (non-hydrogen) atoms. The minimum absolute atomic E-state index is 0. The Balaban J connectivity index is -0.000000000952. The van der Waals surface area contributed by atoms with Gasteiger partial charge >= 0.3 is 0 Å². The first kappa shape index (κ1) is 83.4. The fourth-order valence-electron chi connectivity index (χ4n) is 0. The zero-order valence-electron chi connectivity index (χ0n) is 5.01. The first-order chi connectivity index (χ1) is 1.41. The van der Waals surface area contributed by atoms with Crippen LogP contribution in [0.3, 0.4) is 0 Å². The summed E-state index contributed by atoms with van der Waals surface area (Å²) in [4.78, 5) is 0. The average molecular weight is 449 g/mol. The van der Waals surface area contributed by atoms with E-state index in [1.54, 1.807) is 6.92 Å². The largest absolute Gasteiger partial charge is 0.397 e. The van der Waals surface area contributed by atoms with Gasteiger partial charge in [-0.15, -0.1) is 74.4 Å². The average Bonchev–Trinajstić information content (AvgIpc) is 0.918. The topological polar surface area (TPSA) is 20.2 Å². The van der Waals surface area contributed by atoms with Gasteiger partial charge in [0.05, 0.1) is 0 Å². The molecular weight excluding hydrogens is 437 g/mol. The number of aliphatic hydroxyl groups excluding tert-OH is 1. The molecule has 1 N–H and O–H groups in total. The molecule has 0 aliphatic rings. The van der Waals surface area contributed by atoms with Crippen LogP contribution in [0.15, 0.2) is 0 Å². The SMILES string of the molecule is CCO.Cl.Cl.Cl.Cl.Cl.Cl.[W]. The van der Waals surface area contributed by atoms with Crippen LogP contribution in [0.4, 0.5) is 0 Å². The molecule has 0 atom stereocenters. The summed E-state index contributed by atoms with van der Waals surface area (Å²) < 4.78 is 0. The number of halogens is 6. The zero-order chi connectivity index (χ0) is 2.71. The standard InChI is InChI=1S/C2H6O.6ClH.W/c1-2-3;;;;;;;/h3H,2H2,1H3;6*1H;. The van der Waals surface area contributed by atoms with Gasteiger partial charge in [-0.1, -0.05) is 0 Å². The van der Waals surface area contributed by atoms with Crippen LogP contribution in [-0.2, 0) is 21.1 Å². The molecule has 0 fully saturated rings. The van der Waals surface area contributed by atoms with Crippen molar-refractivity contribution in [3.8, 4) is 0 Å². The minimum Gasteiger partial charge on any atom is -0.397 e. The van der Waals surface area contributed by atoms with Crippen molar-refractivity contribution >= 4 is 74.4 Å². The fraction of sp³-hybridized carbons (Fsp3) is 1.00. The molecule has 0 unspecified atom stereocenters. The quantitative estimate of drug-likeness (QED) is 0.604. The Morgan fingerprint density at radius 2 is 0.800 bits per heavy atom. The van der Waals surface area contributed by atoms with Crippen LogP contribution in [0, 0.1) is 0 Å². The van der Waals surface area contributed by atoms with E-state index >= 15 is 0 Å². The summed E-state index contributed by atoms with van der Waals surface area (Å²) in [6, 6.07) is 0. The Kier molecular flexibility index (Phi) is 893. The van der Waals surface area contributed by atoms with Gasteiger partial charge in [-0.05, 0) is 6.92 Å². The van der Waals surface area contributed by atoms with Crippen LogP contribution >= 0.6 is 74.4 Å². The van der Waals surface area contributed by atoms with Gasteiger partial charge < -0.3 is 5.11 Å². The minimum atomic E-state index is 0. The summed E-state index contributed by atoms with van der Waals surface area (Å²) in [6.45, 7) is 1.93. The molecule has 0 spiro atoms. The molecule has 0 aromatic rings. The van der Waals surface area contributed by atoms with Crippen molar-refractivity contribution in [2.45, 2.75) is 6.92 Å². The van der Waals surface area contributed by atoms with Crippen molar-refractivity contribution in [1.82, 2.24) is 0 Å². The van der Waals surface area contributed by atoms with Gasteiger partial charge in [0.25, 0.3) is 0 Å². The van der Waals surface area contributed by atoms with Gasteiger partial charge in [0, 0.05) is 27.7 Å². The van der Waals surface area contributed by atoms with E-state index in [1.807, 2.05) is 0 Å². The molecule has 0 radical (unpaired) electrons. The third-order valence-electron chi connectivity index (χ3n) is 0. The van der Waals surface area contributed by atoms with Crippen molar-refractivity contribution in [3.63, 3.8) is 0 Å². The van der Waals surface area contributed by atoms with Gasteiger partial charge in [-0.3, -0.25) is 0 Å². The molecule has 0 saturated carbocycles. The van der Waals surface area contributed by atoms with Crippen LogP contribution in [0.2, 0.25) is 0 Å². The Morgan fingerprint density at radius 3 is 0.800 bits per heavy atom. The van der Waals surface area contributed by atoms with Crippen molar-refractivity contribution in [3.05, 3.63) is 0 Å². The molecule has 0 amide bonds. The van der Waals surface area contributed by atoms with Crippen LogP contribution in [0.1, 0.15) is 6.92 Å². The molecule has 0 saturated heterocycles. The van der Waals surface area contributed by atoms with Gasteiger partial charge in [-0.2, -0.15) is 0 Å². The molecule has 74 valence electrons. The maximum absolute atomic E-state index is 7.57. The first-order valence-corrected chi connectivity index (χ1v) is 1.02. The van der Waals surface area contributed by atoms with Crippen LogP contribution in [0.5, 0.6) is 0 Å². The third-order valence-corrected chi connectivity index (χ3v) is 0. The van der Waals surface area contributed by atoms with Crippen molar-refractivity contribution in [1.29, 1.82) is 0 Å². The molecule has 0 rings (SSSR count). The zero-order valence-corrected chi connectivity index (χ0v) is 12.8. The van der Waals surface area contributed by atoms with Crippen molar-refractivity contribution in [2.24, 2.45) is 0 Å². The molecular formula is C2H12Cl6OW. The number of aliphatic hydroxyl groups is 1. The molecule has 0 aliphatic heterocycles. The monoisotopic (exact) mass is 446 g/mol. The normalized spacial score (nSPS) is 1.80. The van der Waals surface area contributed by atoms with Crippen LogP contribution in [-0.4, -0.2) is 11.7 Å². The predicted molar refractivity (Wildman–Crippen MR) is 56.2 cm³/mol. The van der Waals surface area contributed by atoms with E-state index in [-0.39, 0.29) is 102 Å². The Morgan fingerprint density at radius 1 is 0.800 bits per heavy atom. The predicted octanol–water partition coefficient (Wildman–Crippen LogP) is 2.53. The van der Waals surface area contributed by atoms with Crippen LogP contribution in [0.25, 0.3) is 0 Å². The maximum atomic E-state index is 7.57. The molecule has 0 aliphatic carbocycles. The van der Waals surface area contributed by atoms with E-state index in [1.165, 1.54) is 0 Å². The molecule has 0 aromatic heterocycles. The van der Waals surface area contributed by atoms with E-state index in [9.17, 15) is 0 Å². The van der Waals surface area contributed by atoms with E-state index in [0.29, 0.717) is 0 Å². The van der Waals surface area contributed by atoms with E-state index < -0.39 is 0 Å². The van der Waals surface area contributed by atoms with Crippen molar-refractivity contribution < 1.29 is 26.2 Å². The number of hydrogen-bond donors (Lipinski definition) is 1. The molecule has 0 aromatic carbocycles. The summed E-state index contributed by atoms with van der Waals surface area (Å²) in [5, 5.41) is 7.57. The molecule has 8 heteroatoms. The second kappa shape index (κ2) is 107. The Labute approximate surface area is 113 Å². The Hall–Kier alpha value is 2.39. The van der Waals surface area contributed by atoms with Gasteiger partial charge in [0.15, 0.2) is 0 Å². The van der Waals surface area contributed by atoms with Gasteiger partial charge in [0.1, 0.15) is 0 Å². The van der Waals surface area contributed by atoms with Gasteiger partial charge in [-0.25, -0.2) is 0 Å². The second-order valence-corrected chi connectivity index (χ2v) is 0.316. The van der Waals surface area contributed by atoms with E-state index in [0.717, 1.165) is 0 Å². The summed E-state index contributed by atoms with van der Waals surface area (Å²) in [6.07, 6.45) is 0.